The van der Waals surface area contributed by atoms with E-state index in [1.165, 1.54) is 44.2 Å². The van der Waals surface area contributed by atoms with E-state index in [0.717, 1.165) is 37.0 Å². The fraction of sp³-hybridized carbons (Fsp3) is 0.556. The molecule has 32 heavy (non-hydrogen) atoms. The molecule has 1 fully saturated rings. The van der Waals surface area contributed by atoms with Crippen molar-refractivity contribution in [2.45, 2.75) is 77.9 Å². The highest BCUT2D eigenvalue weighted by Gasteiger charge is 2.22. The van der Waals surface area contributed by atoms with Crippen molar-refractivity contribution in [1.29, 1.82) is 0 Å². The molecule has 0 bridgehead atoms. The Bertz CT molecular complexity index is 814. The molecule has 3 rings (SSSR count). The van der Waals surface area contributed by atoms with Crippen molar-refractivity contribution < 1.29 is 23.0 Å². The van der Waals surface area contributed by atoms with Gasteiger partial charge < -0.3 is 14.2 Å². The van der Waals surface area contributed by atoms with Crippen molar-refractivity contribution in [3.8, 4) is 11.5 Å². The Kier molecular flexibility index (Phi) is 9.79. The van der Waals surface area contributed by atoms with Crippen molar-refractivity contribution in [2.75, 3.05) is 13.2 Å². The molecule has 1 aliphatic heterocycles. The van der Waals surface area contributed by atoms with Gasteiger partial charge in [0.1, 0.15) is 6.61 Å². The maximum Gasteiger partial charge on any atom is 0.204 e. The summed E-state index contributed by atoms with van der Waals surface area (Å²) in [6, 6.07) is 10.8. The third-order valence-corrected chi connectivity index (χ3v) is 6.10. The first-order valence-corrected chi connectivity index (χ1v) is 12.1. The maximum absolute atomic E-state index is 14.3. The van der Waals surface area contributed by atoms with Gasteiger partial charge in [0.05, 0.1) is 19.3 Å². The molecule has 1 heterocycles. The third kappa shape index (κ3) is 6.93. The predicted octanol–water partition coefficient (Wildman–Crippen LogP) is 7.77. The zero-order valence-corrected chi connectivity index (χ0v) is 19.4. The molecule has 3 nitrogen and oxygen atoms in total. The third-order valence-electron chi connectivity index (χ3n) is 6.10. The molecule has 2 atom stereocenters. The highest BCUT2D eigenvalue weighted by atomic mass is 19.2. The van der Waals surface area contributed by atoms with Crippen LogP contribution in [0.4, 0.5) is 8.78 Å². The number of unbranched alkanes of at least 4 members (excludes halogenated alkanes) is 3. The Labute approximate surface area is 191 Å². The molecule has 1 saturated heterocycles. The van der Waals surface area contributed by atoms with Crippen molar-refractivity contribution in [1.82, 2.24) is 0 Å². The zero-order valence-electron chi connectivity index (χ0n) is 19.4. The number of rotatable bonds is 12. The zero-order chi connectivity index (χ0) is 22.8. The van der Waals surface area contributed by atoms with Crippen LogP contribution in [0.2, 0.25) is 0 Å². The monoisotopic (exact) mass is 446 g/mol. The standard InChI is InChI=1S/C27H36F2O3/c1-3-5-7-8-20-11-14-23(31-18-20)22-12-9-21(10-13-22)19-32-25-16-15-24(26(28)27(25)29)30-17-6-4-2/h9-10,12-13,15-16,20,23H,3-8,11,14,17-19H2,1-2H3. The fourth-order valence-corrected chi connectivity index (χ4v) is 4.03. The number of benzene rings is 2. The van der Waals surface area contributed by atoms with E-state index >= 15 is 0 Å². The van der Waals surface area contributed by atoms with Gasteiger partial charge in [0.25, 0.3) is 0 Å². The minimum Gasteiger partial charge on any atom is -0.490 e. The van der Waals surface area contributed by atoms with E-state index < -0.39 is 11.6 Å². The van der Waals surface area contributed by atoms with Gasteiger partial charge in [0.2, 0.25) is 11.6 Å². The molecule has 0 radical (unpaired) electrons. The van der Waals surface area contributed by atoms with E-state index in [1.807, 2.05) is 31.2 Å². The molecule has 0 amide bonds. The van der Waals surface area contributed by atoms with Crippen LogP contribution < -0.4 is 9.47 Å². The summed E-state index contributed by atoms with van der Waals surface area (Å²) >= 11 is 0. The Balaban J connectivity index is 1.48. The molecule has 5 heteroatoms. The Morgan fingerprint density at radius 2 is 1.53 bits per heavy atom. The molecule has 0 aromatic heterocycles. The van der Waals surface area contributed by atoms with Crippen LogP contribution in [0.5, 0.6) is 11.5 Å². The number of hydrogen-bond acceptors (Lipinski definition) is 3. The van der Waals surface area contributed by atoms with Crippen LogP contribution in [0.15, 0.2) is 36.4 Å². The lowest BCUT2D eigenvalue weighted by Crippen LogP contribution is -2.20. The van der Waals surface area contributed by atoms with Crippen molar-refractivity contribution >= 4 is 0 Å². The Hall–Kier alpha value is -2.14. The second-order valence-corrected chi connectivity index (χ2v) is 8.68. The molecule has 176 valence electrons. The summed E-state index contributed by atoms with van der Waals surface area (Å²) < 4.78 is 45.4. The van der Waals surface area contributed by atoms with Crippen LogP contribution in [-0.4, -0.2) is 13.2 Å². The first-order valence-electron chi connectivity index (χ1n) is 12.1. The normalized spacial score (nSPS) is 18.5. The van der Waals surface area contributed by atoms with E-state index in [0.29, 0.717) is 12.5 Å². The van der Waals surface area contributed by atoms with Gasteiger partial charge in [-0.25, -0.2) is 0 Å². The summed E-state index contributed by atoms with van der Waals surface area (Å²) in [5.41, 5.74) is 2.05. The van der Waals surface area contributed by atoms with Gasteiger partial charge in [-0.1, -0.05) is 63.8 Å². The minimum absolute atomic E-state index is 0.0762. The highest BCUT2D eigenvalue weighted by Crippen LogP contribution is 2.33. The van der Waals surface area contributed by atoms with Gasteiger partial charge in [-0.05, 0) is 54.9 Å². The van der Waals surface area contributed by atoms with E-state index in [2.05, 4.69) is 6.92 Å². The summed E-state index contributed by atoms with van der Waals surface area (Å²) in [6.07, 6.45) is 9.23. The van der Waals surface area contributed by atoms with Gasteiger partial charge >= 0.3 is 0 Å². The quantitative estimate of drug-likeness (QED) is 0.312. The van der Waals surface area contributed by atoms with E-state index in [9.17, 15) is 8.78 Å². The van der Waals surface area contributed by atoms with E-state index in [4.69, 9.17) is 14.2 Å². The van der Waals surface area contributed by atoms with Crippen LogP contribution in [0.3, 0.4) is 0 Å². The van der Waals surface area contributed by atoms with Crippen LogP contribution in [0.1, 0.15) is 82.4 Å². The fourth-order valence-electron chi connectivity index (χ4n) is 4.03. The summed E-state index contributed by atoms with van der Waals surface area (Å²) in [5.74, 6) is -1.52. The Morgan fingerprint density at radius 3 is 2.16 bits per heavy atom. The smallest absolute Gasteiger partial charge is 0.204 e. The van der Waals surface area contributed by atoms with E-state index in [1.54, 1.807) is 0 Å². The summed E-state index contributed by atoms with van der Waals surface area (Å²) in [6.45, 7) is 5.61. The minimum atomic E-state index is -1.01. The van der Waals surface area contributed by atoms with Crippen molar-refractivity contribution in [3.05, 3.63) is 59.2 Å². The average Bonchev–Trinajstić information content (AvgIpc) is 2.82. The molecule has 0 aliphatic carbocycles. The van der Waals surface area contributed by atoms with Gasteiger partial charge in [-0.2, -0.15) is 8.78 Å². The lowest BCUT2D eigenvalue weighted by molar-refractivity contribution is -0.0198. The summed E-state index contributed by atoms with van der Waals surface area (Å²) in [7, 11) is 0. The number of halogens is 2. The molecular weight excluding hydrogens is 410 g/mol. The second kappa shape index (κ2) is 12.8. The van der Waals surface area contributed by atoms with Crippen LogP contribution in [0.25, 0.3) is 0 Å². The molecule has 0 N–H and O–H groups in total. The SMILES string of the molecule is CCCCCC1CCC(c2ccc(COc3ccc(OCCCC)c(F)c3F)cc2)OC1. The predicted molar refractivity (Wildman–Crippen MR) is 123 cm³/mol. The second-order valence-electron chi connectivity index (χ2n) is 8.68. The molecule has 0 saturated carbocycles. The van der Waals surface area contributed by atoms with Crippen LogP contribution in [-0.2, 0) is 11.3 Å². The Morgan fingerprint density at radius 1 is 0.844 bits per heavy atom. The molecule has 0 spiro atoms. The lowest BCUT2D eigenvalue weighted by Gasteiger charge is -2.29. The van der Waals surface area contributed by atoms with Gasteiger partial charge in [-0.15, -0.1) is 0 Å². The molecule has 2 aromatic carbocycles. The van der Waals surface area contributed by atoms with Gasteiger partial charge in [0.15, 0.2) is 11.5 Å². The van der Waals surface area contributed by atoms with Crippen molar-refractivity contribution in [2.24, 2.45) is 5.92 Å². The molecule has 2 unspecified atom stereocenters. The van der Waals surface area contributed by atoms with Crippen molar-refractivity contribution in [3.63, 3.8) is 0 Å². The highest BCUT2D eigenvalue weighted by molar-refractivity contribution is 5.35. The maximum atomic E-state index is 14.3. The van der Waals surface area contributed by atoms with E-state index in [-0.39, 0.29) is 24.2 Å². The van der Waals surface area contributed by atoms with Gasteiger partial charge in [0, 0.05) is 0 Å². The van der Waals surface area contributed by atoms with Gasteiger partial charge in [-0.3, -0.25) is 0 Å². The number of ether oxygens (including phenoxy) is 3. The number of hydrogen-bond donors (Lipinski definition) is 0. The average molecular weight is 447 g/mol. The van der Waals surface area contributed by atoms with Crippen LogP contribution >= 0.6 is 0 Å². The molecule has 1 aliphatic rings. The first kappa shape index (κ1) is 24.5. The topological polar surface area (TPSA) is 27.7 Å². The molecular formula is C27H36F2O3. The summed E-state index contributed by atoms with van der Waals surface area (Å²) in [5, 5.41) is 0. The lowest BCUT2D eigenvalue weighted by atomic mass is 9.91. The first-order chi connectivity index (χ1) is 15.6. The van der Waals surface area contributed by atoms with Crippen LogP contribution in [0, 0.1) is 17.6 Å². The molecule has 2 aromatic rings. The largest absolute Gasteiger partial charge is 0.490 e. The summed E-state index contributed by atoms with van der Waals surface area (Å²) in [4.78, 5) is 0.